The van der Waals surface area contributed by atoms with Crippen molar-refractivity contribution in [2.75, 3.05) is 0 Å². The third-order valence-electron chi connectivity index (χ3n) is 10.4. The summed E-state index contributed by atoms with van der Waals surface area (Å²) in [5.41, 5.74) is 12.3. The smallest absolute Gasteiger partial charge is 0.0541 e. The van der Waals surface area contributed by atoms with Crippen molar-refractivity contribution in [3.8, 4) is 16.8 Å². The van der Waals surface area contributed by atoms with E-state index in [1.54, 1.807) is 0 Å². The van der Waals surface area contributed by atoms with Gasteiger partial charge in [-0.05, 0) is 108 Å². The van der Waals surface area contributed by atoms with Crippen molar-refractivity contribution in [2.45, 2.75) is 53.4 Å². The number of benzene rings is 5. The number of nitrogens with zero attached hydrogens (tertiary/aromatic N) is 2. The van der Waals surface area contributed by atoms with Crippen molar-refractivity contribution in [1.82, 2.24) is 9.13 Å². The molecule has 0 saturated carbocycles. The van der Waals surface area contributed by atoms with Crippen LogP contribution in [-0.2, 0) is 0 Å². The number of fused-ring (bicyclic) bond motifs is 6. The zero-order valence-corrected chi connectivity index (χ0v) is 33.4. The Hall–Kier alpha value is -6.38. The van der Waals surface area contributed by atoms with Crippen LogP contribution in [0.5, 0.6) is 0 Å². The zero-order chi connectivity index (χ0) is 38.9. The molecule has 0 fully saturated rings. The van der Waals surface area contributed by atoms with E-state index in [0.29, 0.717) is 5.92 Å². The number of aromatic nitrogens is 2. The van der Waals surface area contributed by atoms with Crippen molar-refractivity contribution in [3.05, 3.63) is 199 Å². The van der Waals surface area contributed by atoms with Crippen LogP contribution in [0.2, 0.25) is 0 Å². The number of para-hydroxylation sites is 1. The Bertz CT molecular complexity index is 2730. The molecular formula is C54H52N2. The molecular weight excluding hydrogens is 677 g/mol. The summed E-state index contributed by atoms with van der Waals surface area (Å²) in [6.07, 6.45) is 34.4. The lowest BCUT2D eigenvalue weighted by molar-refractivity contribution is 0.855. The molecule has 0 aliphatic heterocycles. The summed E-state index contributed by atoms with van der Waals surface area (Å²) in [5, 5.41) is 5.07. The molecule has 0 radical (unpaired) electrons. The Morgan fingerprint density at radius 3 is 1.96 bits per heavy atom. The molecule has 0 spiro atoms. The van der Waals surface area contributed by atoms with Gasteiger partial charge in [0.1, 0.15) is 0 Å². The minimum Gasteiger partial charge on any atom is -0.316 e. The summed E-state index contributed by atoms with van der Waals surface area (Å²) in [4.78, 5) is 0. The van der Waals surface area contributed by atoms with Gasteiger partial charge in [0.2, 0.25) is 0 Å². The summed E-state index contributed by atoms with van der Waals surface area (Å²) < 4.78 is 4.73. The first-order chi connectivity index (χ1) is 27.8. The molecule has 0 bridgehead atoms. The van der Waals surface area contributed by atoms with E-state index in [9.17, 15) is 0 Å². The summed E-state index contributed by atoms with van der Waals surface area (Å²) in [5.74, 6) is 0.397. The highest BCUT2D eigenvalue weighted by molar-refractivity contribution is 6.13. The third kappa shape index (κ3) is 7.48. The lowest BCUT2D eigenvalue weighted by Crippen LogP contribution is -1.96. The van der Waals surface area contributed by atoms with Crippen LogP contribution in [0, 0.1) is 0 Å². The van der Waals surface area contributed by atoms with Gasteiger partial charge < -0.3 is 9.13 Å². The van der Waals surface area contributed by atoms with Crippen LogP contribution in [0.3, 0.4) is 0 Å². The van der Waals surface area contributed by atoms with Gasteiger partial charge >= 0.3 is 0 Å². The summed E-state index contributed by atoms with van der Waals surface area (Å²) >= 11 is 0. The predicted molar refractivity (Wildman–Crippen MR) is 248 cm³/mol. The van der Waals surface area contributed by atoms with E-state index in [-0.39, 0.29) is 0 Å². The molecule has 278 valence electrons. The molecule has 2 aliphatic carbocycles. The molecule has 1 atom stereocenters. The molecule has 9 rings (SSSR count). The average Bonchev–Trinajstić information content (AvgIpc) is 3.60. The minimum absolute atomic E-state index is 0.397. The molecule has 56 heavy (non-hydrogen) atoms. The number of allylic oxidation sites excluding steroid dienone is 15. The number of rotatable bonds is 7. The quantitative estimate of drug-likeness (QED) is 0.145. The Morgan fingerprint density at radius 2 is 1.21 bits per heavy atom. The van der Waals surface area contributed by atoms with Crippen LogP contribution in [0.1, 0.15) is 64.5 Å². The second kappa shape index (κ2) is 17.8. The molecule has 0 N–H and O–H groups in total. The van der Waals surface area contributed by atoms with Gasteiger partial charge in [0.15, 0.2) is 0 Å². The summed E-state index contributed by atoms with van der Waals surface area (Å²) in [6, 6.07) is 38.7. The lowest BCUT2D eigenvalue weighted by atomic mass is 9.91. The molecule has 2 aromatic heterocycles. The normalized spacial score (nSPS) is 15.2. The SMILES string of the molecule is CC.CC.C\C=C/C=C\C=C\n1c2ccc(-c3ccc4c(c3)c3ccccc3n4-c3ccc(C4=CC=CCC=C4)cc3)cc2c2cc(C3C=CC=CC3)ccc21. The van der Waals surface area contributed by atoms with Crippen LogP contribution < -0.4 is 0 Å². The Kier molecular flexibility index (Phi) is 12.1. The van der Waals surface area contributed by atoms with E-state index in [1.807, 2.05) is 40.7 Å². The van der Waals surface area contributed by atoms with E-state index in [1.165, 1.54) is 77.1 Å². The van der Waals surface area contributed by atoms with Gasteiger partial charge in [-0.15, -0.1) is 0 Å². The molecule has 0 saturated heterocycles. The van der Waals surface area contributed by atoms with Crippen LogP contribution in [0.4, 0.5) is 0 Å². The fourth-order valence-corrected chi connectivity index (χ4v) is 7.85. The maximum absolute atomic E-state index is 2.41. The van der Waals surface area contributed by atoms with E-state index >= 15 is 0 Å². The Balaban J connectivity index is 0.00000117. The molecule has 7 aromatic rings. The van der Waals surface area contributed by atoms with E-state index in [0.717, 1.165) is 12.8 Å². The maximum atomic E-state index is 2.41. The second-order valence-corrected chi connectivity index (χ2v) is 13.6. The molecule has 5 aromatic carbocycles. The van der Waals surface area contributed by atoms with Crippen molar-refractivity contribution < 1.29 is 0 Å². The van der Waals surface area contributed by atoms with E-state index < -0.39 is 0 Å². The van der Waals surface area contributed by atoms with Gasteiger partial charge in [0.05, 0.1) is 22.1 Å². The fourth-order valence-electron chi connectivity index (χ4n) is 7.85. The number of hydrogen-bond acceptors (Lipinski definition) is 0. The third-order valence-corrected chi connectivity index (χ3v) is 10.4. The molecule has 1 unspecified atom stereocenters. The molecule has 2 heteroatoms. The van der Waals surface area contributed by atoms with Crippen molar-refractivity contribution in [2.24, 2.45) is 0 Å². The van der Waals surface area contributed by atoms with Gasteiger partial charge in [-0.25, -0.2) is 0 Å². The first-order valence-corrected chi connectivity index (χ1v) is 20.3. The van der Waals surface area contributed by atoms with Gasteiger partial charge in [-0.3, -0.25) is 0 Å². The minimum atomic E-state index is 0.397. The van der Waals surface area contributed by atoms with Crippen molar-refractivity contribution in [1.29, 1.82) is 0 Å². The highest BCUT2D eigenvalue weighted by atomic mass is 15.0. The summed E-state index contributed by atoms with van der Waals surface area (Å²) in [6.45, 7) is 10.0. The largest absolute Gasteiger partial charge is 0.316 e. The van der Waals surface area contributed by atoms with Crippen LogP contribution >= 0.6 is 0 Å². The highest BCUT2D eigenvalue weighted by Crippen LogP contribution is 2.39. The second-order valence-electron chi connectivity index (χ2n) is 13.6. The Labute approximate surface area is 332 Å². The molecule has 0 amide bonds. The van der Waals surface area contributed by atoms with Gasteiger partial charge in [0.25, 0.3) is 0 Å². The Morgan fingerprint density at radius 1 is 0.554 bits per heavy atom. The monoisotopic (exact) mass is 728 g/mol. The highest BCUT2D eigenvalue weighted by Gasteiger charge is 2.17. The predicted octanol–water partition coefficient (Wildman–Crippen LogP) is 15.7. The van der Waals surface area contributed by atoms with E-state index in [4.69, 9.17) is 0 Å². The first-order valence-electron chi connectivity index (χ1n) is 20.3. The van der Waals surface area contributed by atoms with E-state index in [2.05, 4.69) is 197 Å². The van der Waals surface area contributed by atoms with Crippen LogP contribution in [0.15, 0.2) is 188 Å². The molecule has 2 aliphatic rings. The van der Waals surface area contributed by atoms with Crippen molar-refractivity contribution in [3.63, 3.8) is 0 Å². The van der Waals surface area contributed by atoms with Gasteiger partial charge in [-0.1, -0.05) is 155 Å². The van der Waals surface area contributed by atoms with Crippen molar-refractivity contribution >= 4 is 55.4 Å². The average molecular weight is 729 g/mol. The maximum Gasteiger partial charge on any atom is 0.0541 e. The molecule has 2 nitrogen and oxygen atoms in total. The first kappa shape index (κ1) is 37.9. The fraction of sp³-hybridized carbons (Fsp3) is 0.148. The standard InChI is InChI=1S/C50H40N2.2C2H6/c1-2-3-4-7-15-32-51-47-29-24-39(37-18-11-8-12-19-37)33-45(47)46-35-40(25-30-48(46)51)41-26-31-50-44(34-41)43-20-13-14-21-49(43)52(50)42-27-22-38(23-28-42)36-16-9-5-6-10-17-36;2*1-2/h2-5,7-18,20-35,37H,6,19H2,1H3;2*1-2H3/b3-2-,7-4-,32-15+;;. The number of hydrogen-bond donors (Lipinski definition) is 0. The summed E-state index contributed by atoms with van der Waals surface area (Å²) in [7, 11) is 0. The zero-order valence-electron chi connectivity index (χ0n) is 33.4. The van der Waals surface area contributed by atoms with Gasteiger partial charge in [0, 0.05) is 39.4 Å². The van der Waals surface area contributed by atoms with Crippen LogP contribution in [0.25, 0.3) is 72.2 Å². The van der Waals surface area contributed by atoms with Gasteiger partial charge in [-0.2, -0.15) is 0 Å². The molecule has 2 heterocycles. The van der Waals surface area contributed by atoms with Crippen LogP contribution in [-0.4, -0.2) is 9.13 Å². The lowest BCUT2D eigenvalue weighted by Gasteiger charge is -2.13. The topological polar surface area (TPSA) is 9.86 Å².